The summed E-state index contributed by atoms with van der Waals surface area (Å²) in [5.74, 6) is -0.657. The number of esters is 1. The zero-order valence-corrected chi connectivity index (χ0v) is 14.5. The Balaban J connectivity index is 2.83. The van der Waals surface area contributed by atoms with Crippen molar-refractivity contribution in [3.8, 4) is 0 Å². The van der Waals surface area contributed by atoms with E-state index in [0.29, 0.717) is 5.56 Å². The van der Waals surface area contributed by atoms with Crippen molar-refractivity contribution in [2.24, 2.45) is 0 Å². The van der Waals surface area contributed by atoms with Crippen molar-refractivity contribution in [3.05, 3.63) is 32.6 Å². The molecule has 9 heteroatoms. The van der Waals surface area contributed by atoms with Crippen LogP contribution in [-0.2, 0) is 20.8 Å². The monoisotopic (exact) mass is 341 g/mol. The van der Waals surface area contributed by atoms with E-state index in [0.717, 1.165) is 0 Å². The van der Waals surface area contributed by atoms with Crippen LogP contribution in [-0.4, -0.2) is 40.4 Å². The van der Waals surface area contributed by atoms with E-state index in [1.165, 1.54) is 17.9 Å². The molecule has 2 N–H and O–H groups in total. The fourth-order valence-corrected chi connectivity index (χ4v) is 1.89. The van der Waals surface area contributed by atoms with Gasteiger partial charge in [-0.1, -0.05) is 0 Å². The van der Waals surface area contributed by atoms with Gasteiger partial charge in [0.2, 0.25) is 0 Å². The quantitative estimate of drug-likeness (QED) is 0.744. The third-order valence-corrected chi connectivity index (χ3v) is 3.02. The summed E-state index contributed by atoms with van der Waals surface area (Å²) in [7, 11) is 1.20. The molecule has 0 radical (unpaired) electrons. The van der Waals surface area contributed by atoms with Crippen molar-refractivity contribution in [1.29, 1.82) is 0 Å². The van der Waals surface area contributed by atoms with Gasteiger partial charge in [-0.3, -0.25) is 9.78 Å². The number of hydrogen-bond donors (Lipinski definition) is 2. The molecule has 0 saturated carbocycles. The molecule has 0 aliphatic carbocycles. The van der Waals surface area contributed by atoms with E-state index < -0.39 is 35.0 Å². The second kappa shape index (κ2) is 7.80. The number of hydrogen-bond acceptors (Lipinski definition) is 6. The summed E-state index contributed by atoms with van der Waals surface area (Å²) in [4.78, 5) is 48.9. The minimum absolute atomic E-state index is 0.0946. The molecule has 1 aromatic rings. The van der Waals surface area contributed by atoms with Crippen molar-refractivity contribution in [1.82, 2.24) is 14.9 Å². The molecule has 0 bridgehead atoms. The van der Waals surface area contributed by atoms with Crippen LogP contribution in [0, 0.1) is 6.92 Å². The molecule has 0 aliphatic rings. The van der Waals surface area contributed by atoms with E-state index in [9.17, 15) is 19.2 Å². The highest BCUT2D eigenvalue weighted by molar-refractivity contribution is 5.81. The SMILES string of the molecule is COC(=O)C(CCn1cc(C)c(=O)[nH]c1=O)NC(=O)OC(C)(C)C. The van der Waals surface area contributed by atoms with Crippen LogP contribution in [0.25, 0.3) is 0 Å². The van der Waals surface area contributed by atoms with E-state index >= 15 is 0 Å². The van der Waals surface area contributed by atoms with Crippen molar-refractivity contribution in [2.75, 3.05) is 7.11 Å². The number of aromatic nitrogens is 2. The third kappa shape index (κ3) is 5.90. The zero-order valence-electron chi connectivity index (χ0n) is 14.5. The Labute approximate surface area is 139 Å². The second-order valence-electron chi connectivity index (χ2n) is 6.28. The molecule has 1 atom stereocenters. The average Bonchev–Trinajstić information content (AvgIpc) is 2.45. The van der Waals surface area contributed by atoms with E-state index in [4.69, 9.17) is 4.74 Å². The third-order valence-electron chi connectivity index (χ3n) is 3.02. The summed E-state index contributed by atoms with van der Waals surface area (Å²) >= 11 is 0. The fraction of sp³-hybridized carbons (Fsp3) is 0.600. The van der Waals surface area contributed by atoms with Gasteiger partial charge in [-0.15, -0.1) is 0 Å². The lowest BCUT2D eigenvalue weighted by molar-refractivity contribution is -0.143. The molecule has 0 saturated heterocycles. The molecular formula is C15H23N3O6. The molecule has 0 spiro atoms. The highest BCUT2D eigenvalue weighted by Crippen LogP contribution is 2.08. The Hall–Kier alpha value is -2.58. The number of methoxy groups -OCH3 is 1. The molecule has 1 aromatic heterocycles. The van der Waals surface area contributed by atoms with Gasteiger partial charge < -0.3 is 19.4 Å². The van der Waals surface area contributed by atoms with Crippen LogP contribution in [0.15, 0.2) is 15.8 Å². The van der Waals surface area contributed by atoms with Gasteiger partial charge in [-0.25, -0.2) is 14.4 Å². The maximum atomic E-state index is 11.8. The van der Waals surface area contributed by atoms with Gasteiger partial charge in [0.1, 0.15) is 11.6 Å². The Morgan fingerprint density at radius 1 is 1.33 bits per heavy atom. The van der Waals surface area contributed by atoms with Crippen LogP contribution in [0.5, 0.6) is 0 Å². The minimum atomic E-state index is -0.982. The van der Waals surface area contributed by atoms with Crippen LogP contribution in [0.3, 0.4) is 0 Å². The lowest BCUT2D eigenvalue weighted by atomic mass is 10.2. The first kappa shape index (κ1) is 19.5. The van der Waals surface area contributed by atoms with Crippen LogP contribution >= 0.6 is 0 Å². The number of nitrogens with one attached hydrogen (secondary N) is 2. The predicted octanol–water partition coefficient (Wildman–Crippen LogP) is 0.301. The Bertz CT molecular complexity index is 713. The van der Waals surface area contributed by atoms with Crippen molar-refractivity contribution in [3.63, 3.8) is 0 Å². The Kier molecular flexibility index (Phi) is 6.33. The fourth-order valence-electron chi connectivity index (χ4n) is 1.89. The topological polar surface area (TPSA) is 119 Å². The molecule has 0 aromatic carbocycles. The predicted molar refractivity (Wildman–Crippen MR) is 85.9 cm³/mol. The first-order valence-corrected chi connectivity index (χ1v) is 7.41. The van der Waals surface area contributed by atoms with Gasteiger partial charge in [0.25, 0.3) is 5.56 Å². The number of aryl methyl sites for hydroxylation is 2. The summed E-state index contributed by atoms with van der Waals surface area (Å²) < 4.78 is 11.0. The average molecular weight is 341 g/mol. The first-order chi connectivity index (χ1) is 11.0. The van der Waals surface area contributed by atoms with Crippen LogP contribution in [0.1, 0.15) is 32.8 Å². The molecule has 0 fully saturated rings. The number of amides is 1. The van der Waals surface area contributed by atoms with Crippen molar-refractivity contribution >= 4 is 12.1 Å². The van der Waals surface area contributed by atoms with Crippen LogP contribution < -0.4 is 16.6 Å². The molecule has 9 nitrogen and oxygen atoms in total. The molecular weight excluding hydrogens is 318 g/mol. The smallest absolute Gasteiger partial charge is 0.408 e. The summed E-state index contributed by atoms with van der Waals surface area (Å²) in [6.45, 7) is 6.75. The lowest BCUT2D eigenvalue weighted by Crippen LogP contribution is -2.45. The molecule has 1 rings (SSSR count). The van der Waals surface area contributed by atoms with Crippen LogP contribution in [0.4, 0.5) is 4.79 Å². The van der Waals surface area contributed by atoms with Crippen molar-refractivity contribution < 1.29 is 19.1 Å². The Morgan fingerprint density at radius 3 is 2.50 bits per heavy atom. The number of ether oxygens (including phenoxy) is 2. The summed E-state index contributed by atoms with van der Waals surface area (Å²) in [5, 5.41) is 2.42. The molecule has 1 unspecified atom stereocenters. The first-order valence-electron chi connectivity index (χ1n) is 7.41. The van der Waals surface area contributed by atoms with Gasteiger partial charge in [-0.2, -0.15) is 0 Å². The zero-order chi connectivity index (χ0) is 18.5. The number of carbonyl (C=O) groups excluding carboxylic acids is 2. The summed E-state index contributed by atoms with van der Waals surface area (Å²) in [6.07, 6.45) is 0.725. The van der Waals surface area contributed by atoms with Gasteiger partial charge in [0.05, 0.1) is 7.11 Å². The summed E-state index contributed by atoms with van der Waals surface area (Å²) in [6, 6.07) is -0.982. The second-order valence-corrected chi connectivity index (χ2v) is 6.28. The number of H-pyrrole nitrogens is 1. The van der Waals surface area contributed by atoms with E-state index in [-0.39, 0.29) is 13.0 Å². The van der Waals surface area contributed by atoms with E-state index in [2.05, 4.69) is 15.0 Å². The van der Waals surface area contributed by atoms with Gasteiger partial charge in [0, 0.05) is 18.3 Å². The highest BCUT2D eigenvalue weighted by atomic mass is 16.6. The number of alkyl carbamates (subject to hydrolysis) is 1. The van der Waals surface area contributed by atoms with Gasteiger partial charge >= 0.3 is 17.8 Å². The van der Waals surface area contributed by atoms with Crippen LogP contribution in [0.2, 0.25) is 0 Å². The van der Waals surface area contributed by atoms with E-state index in [1.54, 1.807) is 27.7 Å². The lowest BCUT2D eigenvalue weighted by Gasteiger charge is -2.22. The largest absolute Gasteiger partial charge is 0.467 e. The highest BCUT2D eigenvalue weighted by Gasteiger charge is 2.25. The van der Waals surface area contributed by atoms with E-state index in [1.807, 2.05) is 0 Å². The number of carbonyl (C=O) groups is 2. The molecule has 1 amide bonds. The van der Waals surface area contributed by atoms with Crippen molar-refractivity contribution in [2.45, 2.75) is 52.3 Å². The van der Waals surface area contributed by atoms with Gasteiger partial charge in [0.15, 0.2) is 0 Å². The standard InChI is InChI=1S/C15H23N3O6/c1-9-8-18(13(21)17-11(9)19)7-6-10(12(20)23-5)16-14(22)24-15(2,3)4/h8,10H,6-7H2,1-5H3,(H,16,22)(H,17,19,21). The normalized spacial score (nSPS) is 12.4. The number of rotatable bonds is 5. The molecule has 0 aliphatic heterocycles. The summed E-state index contributed by atoms with van der Waals surface area (Å²) in [5.41, 5.74) is -1.40. The molecule has 134 valence electrons. The van der Waals surface area contributed by atoms with Gasteiger partial charge in [-0.05, 0) is 34.1 Å². The minimum Gasteiger partial charge on any atom is -0.467 e. The number of aromatic amines is 1. The molecule has 1 heterocycles. The maximum Gasteiger partial charge on any atom is 0.408 e. The number of nitrogens with zero attached hydrogens (tertiary/aromatic N) is 1. The Morgan fingerprint density at radius 2 is 1.96 bits per heavy atom. The maximum absolute atomic E-state index is 11.8. The molecule has 24 heavy (non-hydrogen) atoms.